The molecule has 0 unspecified atom stereocenters. The summed E-state index contributed by atoms with van der Waals surface area (Å²) in [4.78, 5) is 29.4. The van der Waals surface area contributed by atoms with Gasteiger partial charge in [-0.3, -0.25) is 4.79 Å². The van der Waals surface area contributed by atoms with Crippen LogP contribution in [0.5, 0.6) is 5.75 Å². The third-order valence-electron chi connectivity index (χ3n) is 6.38. The van der Waals surface area contributed by atoms with Gasteiger partial charge in [0, 0.05) is 41.5 Å². The summed E-state index contributed by atoms with van der Waals surface area (Å²) in [6.07, 6.45) is 4.40. The number of phenols is 1. The first kappa shape index (κ1) is 24.5. The van der Waals surface area contributed by atoms with E-state index in [4.69, 9.17) is 11.6 Å². The number of hydrogen-bond acceptors (Lipinski definition) is 5. The van der Waals surface area contributed by atoms with Crippen molar-refractivity contribution in [2.75, 3.05) is 5.32 Å². The highest BCUT2D eigenvalue weighted by atomic mass is 35.5. The topological polar surface area (TPSA) is 109 Å². The Balaban J connectivity index is 1.37. The number of anilines is 1. The minimum Gasteiger partial charge on any atom is -0.507 e. The van der Waals surface area contributed by atoms with Crippen LogP contribution in [0.4, 0.5) is 14.9 Å². The summed E-state index contributed by atoms with van der Waals surface area (Å²) < 4.78 is 15.3. The van der Waals surface area contributed by atoms with Gasteiger partial charge in [0.2, 0.25) is 0 Å². The van der Waals surface area contributed by atoms with Gasteiger partial charge in [0.05, 0.1) is 17.0 Å². The van der Waals surface area contributed by atoms with Crippen LogP contribution in [0.2, 0.25) is 5.15 Å². The van der Waals surface area contributed by atoms with Gasteiger partial charge < -0.3 is 15.7 Å². The number of benzene rings is 2. The molecule has 2 heterocycles. The standard InChI is InChI=1S/C27H23ClFN5O3/c28-25-20(8-4-12-30-25)26(36)32-18-10-11-19(24(35)13-18)22-14-23(16-6-3-7-16)34(33-22)27(37)31-15-17-5-1-2-9-21(17)29/h1-2,4-5,8-14,16,35H,3,6-7,15H2,(H,31,37)(H,32,36). The van der Waals surface area contributed by atoms with E-state index in [1.807, 2.05) is 0 Å². The van der Waals surface area contributed by atoms with Gasteiger partial charge in [0.1, 0.15) is 16.7 Å². The highest BCUT2D eigenvalue weighted by molar-refractivity contribution is 6.33. The van der Waals surface area contributed by atoms with Crippen molar-refractivity contribution in [2.45, 2.75) is 31.7 Å². The molecule has 1 aliphatic rings. The van der Waals surface area contributed by atoms with Crippen molar-refractivity contribution >= 4 is 29.2 Å². The summed E-state index contributed by atoms with van der Waals surface area (Å²) in [7, 11) is 0. The number of pyridine rings is 1. The van der Waals surface area contributed by atoms with Crippen LogP contribution in [-0.2, 0) is 6.54 Å². The highest BCUT2D eigenvalue weighted by Gasteiger charge is 2.27. The fourth-order valence-corrected chi connectivity index (χ4v) is 4.36. The Morgan fingerprint density at radius 2 is 1.92 bits per heavy atom. The second kappa shape index (κ2) is 10.4. The third kappa shape index (κ3) is 5.17. The Labute approximate surface area is 217 Å². The lowest BCUT2D eigenvalue weighted by Crippen LogP contribution is -2.31. The van der Waals surface area contributed by atoms with Gasteiger partial charge in [-0.05, 0) is 49.2 Å². The summed E-state index contributed by atoms with van der Waals surface area (Å²) >= 11 is 5.99. The average molecular weight is 520 g/mol. The molecule has 1 fully saturated rings. The van der Waals surface area contributed by atoms with Crippen LogP contribution >= 0.6 is 11.6 Å². The van der Waals surface area contributed by atoms with Crippen molar-refractivity contribution < 1.29 is 19.1 Å². The number of phenolic OH excluding ortho intramolecular Hbond substituents is 1. The largest absolute Gasteiger partial charge is 0.507 e. The van der Waals surface area contributed by atoms with Gasteiger partial charge in [0.15, 0.2) is 0 Å². The number of aromatic nitrogens is 3. The van der Waals surface area contributed by atoms with Crippen LogP contribution in [-0.4, -0.2) is 31.8 Å². The maximum atomic E-state index is 14.0. The molecule has 0 saturated heterocycles. The zero-order valence-electron chi connectivity index (χ0n) is 19.6. The molecule has 0 radical (unpaired) electrons. The molecule has 1 aliphatic carbocycles. The lowest BCUT2D eigenvalue weighted by Gasteiger charge is -2.25. The summed E-state index contributed by atoms with van der Waals surface area (Å²) in [6.45, 7) is 0.0192. The maximum absolute atomic E-state index is 14.0. The number of nitrogens with zero attached hydrogens (tertiary/aromatic N) is 3. The van der Waals surface area contributed by atoms with Crippen LogP contribution in [0, 0.1) is 5.82 Å². The second-order valence-electron chi connectivity index (χ2n) is 8.77. The molecule has 5 rings (SSSR count). The van der Waals surface area contributed by atoms with Gasteiger partial charge >= 0.3 is 6.03 Å². The van der Waals surface area contributed by atoms with E-state index < -0.39 is 17.8 Å². The molecule has 188 valence electrons. The molecule has 10 heteroatoms. The zero-order valence-corrected chi connectivity index (χ0v) is 20.4. The maximum Gasteiger partial charge on any atom is 0.342 e. The SMILES string of the molecule is O=C(Nc1ccc(-c2cc(C3CCC3)n(C(=O)NCc3ccccc3F)n2)c(O)c1)c1cccnc1Cl. The Kier molecular flexibility index (Phi) is 6.87. The van der Waals surface area contributed by atoms with Crippen molar-refractivity contribution in [1.29, 1.82) is 0 Å². The monoisotopic (exact) mass is 519 g/mol. The molecule has 0 aliphatic heterocycles. The summed E-state index contributed by atoms with van der Waals surface area (Å²) in [5.74, 6) is -0.809. The predicted octanol–water partition coefficient (Wildman–Crippen LogP) is 5.72. The highest BCUT2D eigenvalue weighted by Crippen LogP contribution is 2.39. The molecular weight excluding hydrogens is 497 g/mol. The van der Waals surface area contributed by atoms with E-state index in [0.717, 1.165) is 25.0 Å². The smallest absolute Gasteiger partial charge is 0.342 e. The van der Waals surface area contributed by atoms with E-state index >= 15 is 0 Å². The van der Waals surface area contributed by atoms with E-state index in [-0.39, 0.29) is 28.9 Å². The van der Waals surface area contributed by atoms with Crippen LogP contribution in [0.15, 0.2) is 66.9 Å². The van der Waals surface area contributed by atoms with E-state index in [0.29, 0.717) is 22.5 Å². The second-order valence-corrected chi connectivity index (χ2v) is 9.13. The lowest BCUT2D eigenvalue weighted by molar-refractivity contribution is 0.102. The van der Waals surface area contributed by atoms with Crippen LogP contribution < -0.4 is 10.6 Å². The summed E-state index contributed by atoms with van der Waals surface area (Å²) in [5.41, 5.74) is 2.48. The molecular formula is C27H23ClFN5O3. The minimum atomic E-state index is -0.479. The number of rotatable bonds is 6. The van der Waals surface area contributed by atoms with Crippen molar-refractivity contribution in [3.8, 4) is 17.0 Å². The fourth-order valence-electron chi connectivity index (χ4n) is 4.15. The van der Waals surface area contributed by atoms with Gasteiger partial charge in [0.25, 0.3) is 5.91 Å². The molecule has 2 amide bonds. The number of amides is 2. The molecule has 0 spiro atoms. The first-order valence-corrected chi connectivity index (χ1v) is 12.2. The normalized spacial score (nSPS) is 13.1. The Morgan fingerprint density at radius 1 is 1.11 bits per heavy atom. The first-order valence-electron chi connectivity index (χ1n) is 11.8. The minimum absolute atomic E-state index is 0.0192. The number of aromatic hydroxyl groups is 1. The number of halogens is 2. The number of carbonyl (C=O) groups excluding carboxylic acids is 2. The average Bonchev–Trinajstić information content (AvgIpc) is 3.27. The van der Waals surface area contributed by atoms with E-state index in [1.165, 1.54) is 23.0 Å². The summed E-state index contributed by atoms with van der Waals surface area (Å²) in [5, 5.41) is 20.7. The number of hydrogen-bond donors (Lipinski definition) is 3. The van der Waals surface area contributed by atoms with Crippen molar-refractivity contribution in [3.63, 3.8) is 0 Å². The van der Waals surface area contributed by atoms with Gasteiger partial charge in [-0.1, -0.05) is 36.2 Å². The molecule has 0 bridgehead atoms. The number of carbonyl (C=O) groups is 2. The van der Waals surface area contributed by atoms with E-state index in [1.54, 1.807) is 48.5 Å². The lowest BCUT2D eigenvalue weighted by atomic mass is 9.82. The summed E-state index contributed by atoms with van der Waals surface area (Å²) in [6, 6.07) is 15.3. The third-order valence-corrected chi connectivity index (χ3v) is 6.68. The van der Waals surface area contributed by atoms with Crippen molar-refractivity contribution in [2.24, 2.45) is 0 Å². The molecule has 0 atom stereocenters. The van der Waals surface area contributed by atoms with Crippen LogP contribution in [0.3, 0.4) is 0 Å². The first-order chi connectivity index (χ1) is 17.9. The van der Waals surface area contributed by atoms with E-state index in [9.17, 15) is 19.1 Å². The molecule has 37 heavy (non-hydrogen) atoms. The molecule has 1 saturated carbocycles. The molecule has 4 aromatic rings. The van der Waals surface area contributed by atoms with Crippen molar-refractivity contribution in [1.82, 2.24) is 20.1 Å². The molecule has 8 nitrogen and oxygen atoms in total. The van der Waals surface area contributed by atoms with Crippen molar-refractivity contribution in [3.05, 3.63) is 94.7 Å². The Morgan fingerprint density at radius 3 is 2.62 bits per heavy atom. The van der Waals surface area contributed by atoms with Crippen LogP contribution in [0.25, 0.3) is 11.3 Å². The van der Waals surface area contributed by atoms with Gasteiger partial charge in [-0.25, -0.2) is 14.2 Å². The number of nitrogens with one attached hydrogen (secondary N) is 2. The molecule has 2 aromatic carbocycles. The van der Waals surface area contributed by atoms with Gasteiger partial charge in [-0.2, -0.15) is 9.78 Å². The predicted molar refractivity (Wildman–Crippen MR) is 137 cm³/mol. The quantitative estimate of drug-likeness (QED) is 0.282. The zero-order chi connectivity index (χ0) is 25.9. The van der Waals surface area contributed by atoms with Gasteiger partial charge in [-0.15, -0.1) is 0 Å². The molecule has 3 N–H and O–H groups in total. The molecule has 2 aromatic heterocycles. The van der Waals surface area contributed by atoms with E-state index in [2.05, 4.69) is 20.7 Å². The Bertz CT molecular complexity index is 1480. The fraction of sp³-hybridized carbons (Fsp3) is 0.185. The Hall–Kier alpha value is -4.24. The van der Waals surface area contributed by atoms with Crippen LogP contribution in [0.1, 0.15) is 46.8 Å².